The average Bonchev–Trinajstić information content (AvgIpc) is 2.77. The van der Waals surface area contributed by atoms with E-state index in [1.807, 2.05) is 19.0 Å². The van der Waals surface area contributed by atoms with Gasteiger partial charge in [-0.05, 0) is 51.3 Å². The van der Waals surface area contributed by atoms with Crippen LogP contribution >= 0.6 is 0 Å². The van der Waals surface area contributed by atoms with E-state index in [0.29, 0.717) is 49.8 Å². The van der Waals surface area contributed by atoms with Gasteiger partial charge in [0.25, 0.3) is 11.8 Å². The number of amides is 2. The second kappa shape index (κ2) is 9.97. The fourth-order valence-electron chi connectivity index (χ4n) is 3.24. The van der Waals surface area contributed by atoms with Crippen molar-refractivity contribution in [3.8, 4) is 0 Å². The lowest BCUT2D eigenvalue weighted by atomic mass is 10.1. The lowest BCUT2D eigenvalue weighted by Crippen LogP contribution is -2.49. The molecule has 0 bridgehead atoms. The number of piperazine rings is 1. The van der Waals surface area contributed by atoms with Crippen LogP contribution in [-0.4, -0.2) is 84.9 Å². The summed E-state index contributed by atoms with van der Waals surface area (Å²) in [5.74, 6) is 0.484. The molecule has 0 aliphatic carbocycles. The molecule has 0 spiro atoms. The van der Waals surface area contributed by atoms with Crippen LogP contribution in [0.2, 0.25) is 0 Å². The Hall–Kier alpha value is -3.00. The Morgan fingerprint density at radius 3 is 2.41 bits per heavy atom. The Bertz CT molecular complexity index is 819. The highest BCUT2D eigenvalue weighted by Crippen LogP contribution is 2.14. The highest BCUT2D eigenvalue weighted by molar-refractivity contribution is 5.99. The number of anilines is 1. The van der Waals surface area contributed by atoms with Crippen LogP contribution < -0.4 is 10.2 Å². The van der Waals surface area contributed by atoms with Gasteiger partial charge in [-0.15, -0.1) is 0 Å². The number of nitrogens with zero attached hydrogens (tertiary/aromatic N) is 5. The van der Waals surface area contributed by atoms with Gasteiger partial charge in [0.15, 0.2) is 0 Å². The molecule has 1 fully saturated rings. The van der Waals surface area contributed by atoms with Gasteiger partial charge in [-0.2, -0.15) is 0 Å². The minimum absolute atomic E-state index is 0.0547. The van der Waals surface area contributed by atoms with Gasteiger partial charge in [0, 0.05) is 56.2 Å². The molecule has 2 aromatic rings. The Morgan fingerprint density at radius 2 is 1.72 bits per heavy atom. The number of benzene rings is 1. The van der Waals surface area contributed by atoms with Crippen molar-refractivity contribution < 1.29 is 9.59 Å². The molecular weight excluding hydrogens is 368 g/mol. The van der Waals surface area contributed by atoms with Crippen LogP contribution in [0.25, 0.3) is 0 Å². The topological polar surface area (TPSA) is 81.7 Å². The van der Waals surface area contributed by atoms with Crippen LogP contribution in [0.5, 0.6) is 0 Å². The quantitative estimate of drug-likeness (QED) is 0.707. The van der Waals surface area contributed by atoms with Crippen molar-refractivity contribution in [3.63, 3.8) is 0 Å². The second-order valence-corrected chi connectivity index (χ2v) is 7.32. The van der Waals surface area contributed by atoms with E-state index in [1.54, 1.807) is 42.7 Å². The summed E-state index contributed by atoms with van der Waals surface area (Å²) in [6.07, 6.45) is 4.32. The SMILES string of the molecule is CN(C)CCCNC(=O)c1cccc(C(=O)N2CCN(c3ncccn3)CC2)c1. The summed E-state index contributed by atoms with van der Waals surface area (Å²) in [6.45, 7) is 4.08. The van der Waals surface area contributed by atoms with Crippen LogP contribution in [0, 0.1) is 0 Å². The third-order valence-electron chi connectivity index (χ3n) is 4.84. The molecule has 2 amide bonds. The molecule has 0 unspecified atom stereocenters. The van der Waals surface area contributed by atoms with E-state index < -0.39 is 0 Å². The molecule has 3 rings (SSSR count). The second-order valence-electron chi connectivity index (χ2n) is 7.32. The van der Waals surface area contributed by atoms with E-state index in [1.165, 1.54) is 0 Å². The molecule has 154 valence electrons. The maximum atomic E-state index is 12.9. The molecular formula is C21H28N6O2. The molecule has 29 heavy (non-hydrogen) atoms. The van der Waals surface area contributed by atoms with Crippen molar-refractivity contribution >= 4 is 17.8 Å². The third-order valence-corrected chi connectivity index (χ3v) is 4.84. The molecule has 1 aromatic carbocycles. The zero-order valence-electron chi connectivity index (χ0n) is 17.0. The molecule has 0 atom stereocenters. The summed E-state index contributed by atoms with van der Waals surface area (Å²) in [6, 6.07) is 8.72. The molecule has 1 aromatic heterocycles. The number of carbonyl (C=O) groups excluding carboxylic acids is 2. The predicted octanol–water partition coefficient (Wildman–Crippen LogP) is 1.12. The normalized spacial score (nSPS) is 14.2. The Labute approximate surface area is 171 Å². The van der Waals surface area contributed by atoms with Gasteiger partial charge in [-0.1, -0.05) is 6.07 Å². The number of carbonyl (C=O) groups is 2. The van der Waals surface area contributed by atoms with Gasteiger partial charge in [0.05, 0.1) is 0 Å². The van der Waals surface area contributed by atoms with E-state index in [4.69, 9.17) is 0 Å². The van der Waals surface area contributed by atoms with E-state index in [9.17, 15) is 9.59 Å². The monoisotopic (exact) mass is 396 g/mol. The molecule has 1 saturated heterocycles. The molecule has 0 saturated carbocycles. The van der Waals surface area contributed by atoms with E-state index >= 15 is 0 Å². The molecule has 1 aliphatic rings. The summed E-state index contributed by atoms with van der Waals surface area (Å²) < 4.78 is 0. The largest absolute Gasteiger partial charge is 0.352 e. The standard InChI is InChI=1S/C21H28N6O2/c1-25(2)11-5-10-22-19(28)17-6-3-7-18(16-17)20(29)26-12-14-27(15-13-26)21-23-8-4-9-24-21/h3-4,6-9,16H,5,10-15H2,1-2H3,(H,22,28). The van der Waals surface area contributed by atoms with Crippen molar-refractivity contribution in [1.29, 1.82) is 0 Å². The minimum Gasteiger partial charge on any atom is -0.352 e. The zero-order valence-corrected chi connectivity index (χ0v) is 17.0. The Balaban J connectivity index is 1.55. The van der Waals surface area contributed by atoms with E-state index in [-0.39, 0.29) is 11.8 Å². The fourth-order valence-corrected chi connectivity index (χ4v) is 3.24. The predicted molar refractivity (Wildman–Crippen MR) is 112 cm³/mol. The number of nitrogens with one attached hydrogen (secondary N) is 1. The van der Waals surface area contributed by atoms with Crippen LogP contribution in [0.3, 0.4) is 0 Å². The zero-order chi connectivity index (χ0) is 20.6. The maximum Gasteiger partial charge on any atom is 0.253 e. The maximum absolute atomic E-state index is 12.9. The number of hydrogen-bond acceptors (Lipinski definition) is 6. The van der Waals surface area contributed by atoms with Gasteiger partial charge >= 0.3 is 0 Å². The van der Waals surface area contributed by atoms with Crippen molar-refractivity contribution in [1.82, 2.24) is 25.1 Å². The van der Waals surface area contributed by atoms with Crippen molar-refractivity contribution in [3.05, 3.63) is 53.9 Å². The number of rotatable bonds is 7. The molecule has 0 radical (unpaired) electrons. The lowest BCUT2D eigenvalue weighted by Gasteiger charge is -2.34. The first-order chi connectivity index (χ1) is 14.0. The van der Waals surface area contributed by atoms with Gasteiger partial charge in [-0.25, -0.2) is 9.97 Å². The Morgan fingerprint density at radius 1 is 1.03 bits per heavy atom. The van der Waals surface area contributed by atoms with Crippen molar-refractivity contribution in [2.45, 2.75) is 6.42 Å². The van der Waals surface area contributed by atoms with Crippen LogP contribution in [0.15, 0.2) is 42.7 Å². The van der Waals surface area contributed by atoms with E-state index in [0.717, 1.165) is 13.0 Å². The first-order valence-corrected chi connectivity index (χ1v) is 9.89. The summed E-state index contributed by atoms with van der Waals surface area (Å²) in [7, 11) is 4.01. The summed E-state index contributed by atoms with van der Waals surface area (Å²) >= 11 is 0. The third kappa shape index (κ3) is 5.74. The van der Waals surface area contributed by atoms with Gasteiger partial charge in [-0.3, -0.25) is 9.59 Å². The highest BCUT2D eigenvalue weighted by Gasteiger charge is 2.23. The molecule has 8 heteroatoms. The first-order valence-electron chi connectivity index (χ1n) is 9.89. The van der Waals surface area contributed by atoms with Gasteiger partial charge in [0.2, 0.25) is 5.95 Å². The average molecular weight is 396 g/mol. The number of aromatic nitrogens is 2. The molecule has 1 N–H and O–H groups in total. The molecule has 1 aliphatic heterocycles. The van der Waals surface area contributed by atoms with Crippen molar-refractivity contribution in [2.24, 2.45) is 0 Å². The van der Waals surface area contributed by atoms with Crippen LogP contribution in [0.4, 0.5) is 5.95 Å². The number of hydrogen-bond donors (Lipinski definition) is 1. The summed E-state index contributed by atoms with van der Waals surface area (Å²) in [5.41, 5.74) is 1.05. The van der Waals surface area contributed by atoms with Crippen LogP contribution in [0.1, 0.15) is 27.1 Å². The summed E-state index contributed by atoms with van der Waals surface area (Å²) in [5, 5.41) is 2.91. The van der Waals surface area contributed by atoms with Crippen LogP contribution in [-0.2, 0) is 0 Å². The molecule has 2 heterocycles. The first kappa shape index (κ1) is 20.7. The fraction of sp³-hybridized carbons (Fsp3) is 0.429. The van der Waals surface area contributed by atoms with Gasteiger partial charge in [0.1, 0.15) is 0 Å². The van der Waals surface area contributed by atoms with E-state index in [2.05, 4.69) is 25.1 Å². The highest BCUT2D eigenvalue weighted by atomic mass is 16.2. The molecule has 8 nitrogen and oxygen atoms in total. The van der Waals surface area contributed by atoms with Crippen molar-refractivity contribution in [2.75, 3.05) is 58.3 Å². The summed E-state index contributed by atoms with van der Waals surface area (Å²) in [4.78, 5) is 39.8. The van der Waals surface area contributed by atoms with Gasteiger partial charge < -0.3 is 20.0 Å². The lowest BCUT2D eigenvalue weighted by molar-refractivity contribution is 0.0746. The Kier molecular flexibility index (Phi) is 7.13. The smallest absolute Gasteiger partial charge is 0.253 e. The minimum atomic E-state index is -0.149.